The van der Waals surface area contributed by atoms with Gasteiger partial charge in [-0.15, -0.1) is 0 Å². The zero-order valence-electron chi connectivity index (χ0n) is 14.3. The molecular formula is C16H30N2O2S. The van der Waals surface area contributed by atoms with Crippen LogP contribution in [0.1, 0.15) is 48.0 Å². The maximum Gasteiger partial charge on any atom is 0.219 e. The first kappa shape index (κ1) is 17.0. The molecule has 2 rings (SSSR count). The predicted octanol–water partition coefficient (Wildman–Crippen LogP) is 2.48. The van der Waals surface area contributed by atoms with E-state index in [2.05, 4.69) is 52.5 Å². The molecule has 2 heterocycles. The Morgan fingerprint density at radius 3 is 2.05 bits per heavy atom. The van der Waals surface area contributed by atoms with Crippen LogP contribution in [0.3, 0.4) is 0 Å². The van der Waals surface area contributed by atoms with E-state index in [4.69, 9.17) is 0 Å². The van der Waals surface area contributed by atoms with Gasteiger partial charge in [0.1, 0.15) is 5.25 Å². The third-order valence-electron chi connectivity index (χ3n) is 4.71. The summed E-state index contributed by atoms with van der Waals surface area (Å²) in [5, 5.41) is -0.221. The molecule has 21 heavy (non-hydrogen) atoms. The molecule has 1 fully saturated rings. The summed E-state index contributed by atoms with van der Waals surface area (Å²) in [4.78, 5) is 2.23. The fourth-order valence-corrected chi connectivity index (χ4v) is 4.73. The number of hydrogen-bond acceptors (Lipinski definition) is 3. The summed E-state index contributed by atoms with van der Waals surface area (Å²) in [6, 6.07) is 0. The molecule has 0 aromatic heterocycles. The minimum absolute atomic E-state index is 0.0627. The van der Waals surface area contributed by atoms with Crippen molar-refractivity contribution in [3.8, 4) is 0 Å². The van der Waals surface area contributed by atoms with Crippen molar-refractivity contribution in [1.29, 1.82) is 0 Å². The summed E-state index contributed by atoms with van der Waals surface area (Å²) in [6.07, 6.45) is 2.97. The van der Waals surface area contributed by atoms with Crippen molar-refractivity contribution in [2.24, 2.45) is 5.41 Å². The third-order valence-corrected chi connectivity index (χ3v) is 6.91. The van der Waals surface area contributed by atoms with Crippen molar-refractivity contribution >= 4 is 10.0 Å². The third kappa shape index (κ3) is 3.51. The van der Waals surface area contributed by atoms with Gasteiger partial charge in [0.2, 0.25) is 10.0 Å². The molecule has 2 aliphatic heterocycles. The maximum atomic E-state index is 12.7. The lowest BCUT2D eigenvalue weighted by molar-refractivity contribution is 0.0704. The highest BCUT2D eigenvalue weighted by Crippen LogP contribution is 2.33. The van der Waals surface area contributed by atoms with Crippen LogP contribution in [0.4, 0.5) is 0 Å². The predicted molar refractivity (Wildman–Crippen MR) is 87.8 cm³/mol. The van der Waals surface area contributed by atoms with Crippen LogP contribution in [0.2, 0.25) is 0 Å². The van der Waals surface area contributed by atoms with E-state index in [0.717, 1.165) is 6.42 Å². The highest BCUT2D eigenvalue weighted by molar-refractivity contribution is 7.89. The van der Waals surface area contributed by atoms with Crippen LogP contribution in [0.15, 0.2) is 11.6 Å². The van der Waals surface area contributed by atoms with Crippen LogP contribution in [0, 0.1) is 5.41 Å². The van der Waals surface area contributed by atoms with Gasteiger partial charge in [-0.25, -0.2) is 8.42 Å². The van der Waals surface area contributed by atoms with E-state index in [1.165, 1.54) is 5.57 Å². The van der Waals surface area contributed by atoms with E-state index in [-0.39, 0.29) is 16.2 Å². The molecule has 0 atom stereocenters. The van der Waals surface area contributed by atoms with Gasteiger partial charge in [-0.3, -0.25) is 4.90 Å². The Bertz CT molecular complexity index is 517. The topological polar surface area (TPSA) is 40.6 Å². The summed E-state index contributed by atoms with van der Waals surface area (Å²) in [7, 11) is -3.14. The van der Waals surface area contributed by atoms with Gasteiger partial charge in [0.05, 0.1) is 0 Å². The number of nitrogens with zero attached hydrogens (tertiary/aromatic N) is 2. The van der Waals surface area contributed by atoms with E-state index < -0.39 is 10.0 Å². The lowest BCUT2D eigenvalue weighted by Crippen LogP contribution is -2.63. The Labute approximate surface area is 130 Å². The number of rotatable bonds is 2. The quantitative estimate of drug-likeness (QED) is 0.735. The molecule has 122 valence electrons. The number of likely N-dealkylation sites (tertiary alicyclic amines) is 1. The average molecular weight is 314 g/mol. The molecule has 0 radical (unpaired) electrons. The molecule has 4 nitrogen and oxygen atoms in total. The highest BCUT2D eigenvalue weighted by Gasteiger charge is 2.44. The molecule has 0 spiro atoms. The first-order valence-corrected chi connectivity index (χ1v) is 9.36. The molecule has 1 saturated heterocycles. The Morgan fingerprint density at radius 2 is 1.67 bits per heavy atom. The smallest absolute Gasteiger partial charge is 0.219 e. The van der Waals surface area contributed by atoms with Crippen molar-refractivity contribution in [2.75, 3.05) is 26.2 Å². The molecule has 2 aliphatic rings. The van der Waals surface area contributed by atoms with Gasteiger partial charge < -0.3 is 0 Å². The molecule has 0 saturated carbocycles. The van der Waals surface area contributed by atoms with Crippen molar-refractivity contribution in [3.63, 3.8) is 0 Å². The van der Waals surface area contributed by atoms with Crippen LogP contribution in [0.25, 0.3) is 0 Å². The summed E-state index contributed by atoms with van der Waals surface area (Å²) < 4.78 is 27.0. The minimum Gasteiger partial charge on any atom is -0.296 e. The monoisotopic (exact) mass is 314 g/mol. The Hall–Kier alpha value is -0.390. The molecule has 0 aromatic carbocycles. The summed E-state index contributed by atoms with van der Waals surface area (Å²) in [5.74, 6) is 0. The van der Waals surface area contributed by atoms with Crippen LogP contribution in [0.5, 0.6) is 0 Å². The number of sulfonamides is 1. The van der Waals surface area contributed by atoms with E-state index in [0.29, 0.717) is 26.2 Å². The van der Waals surface area contributed by atoms with Crippen LogP contribution in [-0.4, -0.2) is 54.6 Å². The molecule has 0 N–H and O–H groups in total. The van der Waals surface area contributed by atoms with Gasteiger partial charge in [-0.1, -0.05) is 32.4 Å². The zero-order valence-corrected chi connectivity index (χ0v) is 15.1. The summed E-state index contributed by atoms with van der Waals surface area (Å²) in [5.41, 5.74) is 1.58. The van der Waals surface area contributed by atoms with Gasteiger partial charge in [-0.2, -0.15) is 4.31 Å². The van der Waals surface area contributed by atoms with Crippen molar-refractivity contribution < 1.29 is 8.42 Å². The molecule has 5 heteroatoms. The van der Waals surface area contributed by atoms with Crippen LogP contribution < -0.4 is 0 Å². The lowest BCUT2D eigenvalue weighted by Gasteiger charge is -2.48. The molecule has 0 unspecified atom stereocenters. The van der Waals surface area contributed by atoms with Crippen molar-refractivity contribution in [3.05, 3.63) is 11.6 Å². The molecule has 0 aliphatic carbocycles. The highest BCUT2D eigenvalue weighted by atomic mass is 32.2. The number of hydrogen-bond donors (Lipinski definition) is 0. The minimum atomic E-state index is -3.14. The lowest BCUT2D eigenvalue weighted by atomic mass is 9.83. The van der Waals surface area contributed by atoms with Gasteiger partial charge in [0, 0.05) is 31.7 Å². The van der Waals surface area contributed by atoms with Gasteiger partial charge in [-0.05, 0) is 32.6 Å². The second kappa shape index (κ2) is 5.36. The largest absolute Gasteiger partial charge is 0.296 e. The van der Waals surface area contributed by atoms with Crippen molar-refractivity contribution in [1.82, 2.24) is 9.21 Å². The first-order valence-electron chi connectivity index (χ1n) is 7.86. The zero-order chi connectivity index (χ0) is 16.1. The standard InChI is InChI=1S/C16H30N2O2S/c1-15(2,3)13-7-9-18(10-8-13)21(19,20)14-11-17(12-14)16(4,5)6/h7,14H,8-12H2,1-6H3. The summed E-state index contributed by atoms with van der Waals surface area (Å²) in [6.45, 7) is 15.5. The Kier molecular flexibility index (Phi) is 4.33. The maximum absolute atomic E-state index is 12.7. The van der Waals surface area contributed by atoms with E-state index in [1.807, 2.05) is 0 Å². The normalized spacial score (nSPS) is 23.8. The second-order valence-electron chi connectivity index (χ2n) is 8.33. The SMILES string of the molecule is CC(C)(C)C1=CCN(S(=O)(=O)C2CN(C(C)(C)C)C2)CC1. The van der Waals surface area contributed by atoms with E-state index in [9.17, 15) is 8.42 Å². The molecular weight excluding hydrogens is 284 g/mol. The fourth-order valence-electron chi connectivity index (χ4n) is 2.95. The molecule has 0 bridgehead atoms. The molecule has 0 aromatic rings. The van der Waals surface area contributed by atoms with Gasteiger partial charge in [0.25, 0.3) is 0 Å². The first-order chi connectivity index (χ1) is 9.42. The molecule has 0 amide bonds. The van der Waals surface area contributed by atoms with Gasteiger partial charge >= 0.3 is 0 Å². The van der Waals surface area contributed by atoms with E-state index in [1.54, 1.807) is 4.31 Å². The van der Waals surface area contributed by atoms with E-state index >= 15 is 0 Å². The summed E-state index contributed by atoms with van der Waals surface area (Å²) >= 11 is 0. The Morgan fingerprint density at radius 1 is 1.10 bits per heavy atom. The van der Waals surface area contributed by atoms with Crippen LogP contribution in [-0.2, 0) is 10.0 Å². The second-order valence-corrected chi connectivity index (χ2v) is 10.5. The fraction of sp³-hybridized carbons (Fsp3) is 0.875. The van der Waals surface area contributed by atoms with Crippen LogP contribution >= 0.6 is 0 Å². The van der Waals surface area contributed by atoms with Gasteiger partial charge in [0.15, 0.2) is 0 Å². The van der Waals surface area contributed by atoms with Crippen molar-refractivity contribution in [2.45, 2.75) is 58.8 Å². The average Bonchev–Trinajstić information content (AvgIpc) is 2.23. The Balaban J connectivity index is 1.99.